The maximum Gasteiger partial charge on any atom is 0.331 e. The highest BCUT2D eigenvalue weighted by atomic mass is 16.6. The lowest BCUT2D eigenvalue weighted by atomic mass is 9.71. The molecule has 0 aliphatic heterocycles. The Morgan fingerprint density at radius 2 is 2.00 bits per heavy atom. The molecule has 0 N–H and O–H groups in total. The van der Waals surface area contributed by atoms with Gasteiger partial charge in [0.05, 0.1) is 0 Å². The van der Waals surface area contributed by atoms with Gasteiger partial charge in [-0.3, -0.25) is 0 Å². The molecule has 3 aliphatic carbocycles. The average Bonchev–Trinajstić information content (AvgIpc) is 2.94. The smallest absolute Gasteiger partial charge is 0.331 e. The number of allylic oxidation sites excluding steroid dienone is 3. The van der Waals surface area contributed by atoms with Crippen LogP contribution in [0, 0.1) is 17.8 Å². The molecule has 0 aromatic rings. The van der Waals surface area contributed by atoms with Crippen LogP contribution in [0.4, 0.5) is 0 Å². The summed E-state index contributed by atoms with van der Waals surface area (Å²) in [6.07, 6.45) is 13.6. The zero-order valence-corrected chi connectivity index (χ0v) is 13.7. The Kier molecular flexibility index (Phi) is 3.98. The molecule has 0 amide bonds. The monoisotopic (exact) mass is 288 g/mol. The molecule has 0 spiro atoms. The van der Waals surface area contributed by atoms with Crippen LogP contribution in [0.3, 0.4) is 0 Å². The minimum atomic E-state index is -0.392. The number of ether oxygens (including phenoxy) is 1. The number of carbonyl (C=O) groups is 1. The second-order valence-corrected chi connectivity index (χ2v) is 8.13. The summed E-state index contributed by atoms with van der Waals surface area (Å²) in [6.45, 7) is 5.76. The summed E-state index contributed by atoms with van der Waals surface area (Å²) in [5.41, 5.74) is 2.55. The molecule has 0 aromatic carbocycles. The van der Waals surface area contributed by atoms with Crippen LogP contribution < -0.4 is 0 Å². The second kappa shape index (κ2) is 5.62. The van der Waals surface area contributed by atoms with Crippen molar-refractivity contribution in [3.63, 3.8) is 0 Å². The van der Waals surface area contributed by atoms with Crippen LogP contribution in [0.15, 0.2) is 23.3 Å². The van der Waals surface area contributed by atoms with Gasteiger partial charge in [0.2, 0.25) is 0 Å². The highest BCUT2D eigenvalue weighted by Crippen LogP contribution is 2.51. The minimum absolute atomic E-state index is 0.173. The van der Waals surface area contributed by atoms with Gasteiger partial charge < -0.3 is 4.74 Å². The van der Waals surface area contributed by atoms with Gasteiger partial charge in [0.1, 0.15) is 5.60 Å². The van der Waals surface area contributed by atoms with Crippen LogP contribution in [-0.4, -0.2) is 11.6 Å². The first-order valence-electron chi connectivity index (χ1n) is 8.54. The highest BCUT2D eigenvalue weighted by molar-refractivity contribution is 5.83. The number of rotatable bonds is 3. The molecule has 0 bridgehead atoms. The molecule has 21 heavy (non-hydrogen) atoms. The van der Waals surface area contributed by atoms with Crippen LogP contribution in [-0.2, 0) is 9.53 Å². The van der Waals surface area contributed by atoms with Crippen LogP contribution in [0.25, 0.3) is 0 Å². The number of fused-ring (bicyclic) bond motifs is 1. The first-order chi connectivity index (χ1) is 9.90. The first kappa shape index (κ1) is 14.9. The van der Waals surface area contributed by atoms with Crippen LogP contribution in [0.5, 0.6) is 0 Å². The van der Waals surface area contributed by atoms with Crippen molar-refractivity contribution in [2.75, 3.05) is 0 Å². The van der Waals surface area contributed by atoms with Gasteiger partial charge in [0, 0.05) is 12.0 Å². The first-order valence-corrected chi connectivity index (χ1v) is 8.54. The summed E-state index contributed by atoms with van der Waals surface area (Å²) in [5, 5.41) is 0. The Labute approximate surface area is 128 Å². The summed E-state index contributed by atoms with van der Waals surface area (Å²) in [7, 11) is 0. The molecule has 0 unspecified atom stereocenters. The third-order valence-electron chi connectivity index (χ3n) is 5.11. The van der Waals surface area contributed by atoms with E-state index in [1.54, 1.807) is 11.6 Å². The largest absolute Gasteiger partial charge is 0.457 e. The number of hydrogen-bond acceptors (Lipinski definition) is 2. The predicted octanol–water partition coefficient (Wildman–Crippen LogP) is 4.80. The van der Waals surface area contributed by atoms with Gasteiger partial charge >= 0.3 is 5.97 Å². The topological polar surface area (TPSA) is 26.3 Å². The third-order valence-corrected chi connectivity index (χ3v) is 5.11. The summed E-state index contributed by atoms with van der Waals surface area (Å²) >= 11 is 0. The fourth-order valence-corrected chi connectivity index (χ4v) is 4.18. The molecular weight excluding hydrogens is 260 g/mol. The number of carbonyl (C=O) groups excluding carboxylic acids is 1. The molecule has 2 saturated carbocycles. The summed E-state index contributed by atoms with van der Waals surface area (Å²) in [4.78, 5) is 11.9. The Bertz CT molecular complexity index is 472. The van der Waals surface area contributed by atoms with Gasteiger partial charge in [-0.1, -0.05) is 42.9 Å². The molecule has 2 atom stereocenters. The predicted molar refractivity (Wildman–Crippen MR) is 84.8 cm³/mol. The molecule has 0 heterocycles. The lowest BCUT2D eigenvalue weighted by Gasteiger charge is -2.34. The van der Waals surface area contributed by atoms with Crippen molar-refractivity contribution in [1.82, 2.24) is 0 Å². The summed E-state index contributed by atoms with van der Waals surface area (Å²) in [6, 6.07) is 0. The summed E-state index contributed by atoms with van der Waals surface area (Å²) < 4.78 is 5.39. The van der Waals surface area contributed by atoms with E-state index in [-0.39, 0.29) is 5.97 Å². The van der Waals surface area contributed by atoms with Crippen molar-refractivity contribution >= 4 is 5.97 Å². The minimum Gasteiger partial charge on any atom is -0.457 e. The molecule has 2 heteroatoms. The number of esters is 1. The van der Waals surface area contributed by atoms with E-state index in [0.29, 0.717) is 5.92 Å². The highest BCUT2D eigenvalue weighted by Gasteiger charge is 2.40. The lowest BCUT2D eigenvalue weighted by Crippen LogP contribution is -2.27. The zero-order valence-electron chi connectivity index (χ0n) is 13.7. The van der Waals surface area contributed by atoms with E-state index < -0.39 is 5.60 Å². The van der Waals surface area contributed by atoms with E-state index >= 15 is 0 Å². The van der Waals surface area contributed by atoms with Crippen molar-refractivity contribution in [2.24, 2.45) is 17.8 Å². The van der Waals surface area contributed by atoms with E-state index in [1.165, 1.54) is 44.1 Å². The van der Waals surface area contributed by atoms with E-state index in [4.69, 9.17) is 4.74 Å². The van der Waals surface area contributed by atoms with Gasteiger partial charge in [-0.2, -0.15) is 0 Å². The standard InChI is InChI=1S/C19H28O2/c1-19(2,3)21-18(20)12-16-11-15-9-14(10-17(15)16)8-13-6-4-5-7-13/h10,12-13,15,17H,4-9,11H2,1-3H3/b16-12-/t15-,17-/m1/s1. The molecule has 2 fully saturated rings. The van der Waals surface area contributed by atoms with Crippen LogP contribution in [0.2, 0.25) is 0 Å². The van der Waals surface area contributed by atoms with Crippen molar-refractivity contribution in [3.8, 4) is 0 Å². The van der Waals surface area contributed by atoms with Gasteiger partial charge in [-0.25, -0.2) is 4.79 Å². The Morgan fingerprint density at radius 1 is 1.29 bits per heavy atom. The fraction of sp³-hybridized carbons (Fsp3) is 0.737. The normalized spacial score (nSPS) is 31.0. The molecule has 0 radical (unpaired) electrons. The molecule has 0 saturated heterocycles. The van der Waals surface area contributed by atoms with E-state index in [9.17, 15) is 4.79 Å². The van der Waals surface area contributed by atoms with Crippen LogP contribution in [0.1, 0.15) is 65.7 Å². The van der Waals surface area contributed by atoms with Crippen LogP contribution >= 0.6 is 0 Å². The number of hydrogen-bond donors (Lipinski definition) is 0. The van der Waals surface area contributed by atoms with Gasteiger partial charge in [-0.05, 0) is 51.9 Å². The Balaban J connectivity index is 1.57. The Hall–Kier alpha value is -1.05. The molecule has 0 aromatic heterocycles. The molecule has 2 nitrogen and oxygen atoms in total. The molecular formula is C19H28O2. The SMILES string of the molecule is CC(C)(C)OC(=O)/C=C1/C[C@H]2CC(CC3CCCC3)=C[C@@H]12. The lowest BCUT2D eigenvalue weighted by molar-refractivity contribution is -0.148. The van der Waals surface area contributed by atoms with Gasteiger partial charge in [0.15, 0.2) is 0 Å². The molecule has 116 valence electrons. The van der Waals surface area contributed by atoms with Crippen molar-refractivity contribution in [3.05, 3.63) is 23.3 Å². The summed E-state index contributed by atoms with van der Waals surface area (Å²) in [5.74, 6) is 2.07. The average molecular weight is 288 g/mol. The van der Waals surface area contributed by atoms with E-state index in [1.807, 2.05) is 20.8 Å². The fourth-order valence-electron chi connectivity index (χ4n) is 4.18. The zero-order chi connectivity index (χ0) is 15.0. The van der Waals surface area contributed by atoms with Gasteiger partial charge in [0.25, 0.3) is 0 Å². The van der Waals surface area contributed by atoms with Crippen molar-refractivity contribution in [1.29, 1.82) is 0 Å². The second-order valence-electron chi connectivity index (χ2n) is 8.13. The Morgan fingerprint density at radius 3 is 2.67 bits per heavy atom. The van der Waals surface area contributed by atoms with Crippen molar-refractivity contribution < 1.29 is 9.53 Å². The maximum atomic E-state index is 11.9. The van der Waals surface area contributed by atoms with E-state index in [2.05, 4.69) is 6.08 Å². The molecule has 3 aliphatic rings. The quantitative estimate of drug-likeness (QED) is 0.423. The van der Waals surface area contributed by atoms with Gasteiger partial charge in [-0.15, -0.1) is 0 Å². The maximum absolute atomic E-state index is 11.9. The van der Waals surface area contributed by atoms with Crippen molar-refractivity contribution in [2.45, 2.75) is 71.3 Å². The molecule has 3 rings (SSSR count). The third kappa shape index (κ3) is 3.59. The van der Waals surface area contributed by atoms with E-state index in [0.717, 1.165) is 18.3 Å².